The van der Waals surface area contributed by atoms with E-state index >= 15 is 0 Å². The van der Waals surface area contributed by atoms with Crippen molar-refractivity contribution in [2.45, 2.75) is 13.5 Å². The quantitative estimate of drug-likeness (QED) is 0.831. The number of para-hydroxylation sites is 1. The number of benzene rings is 1. The highest BCUT2D eigenvalue weighted by Crippen LogP contribution is 2.26. The van der Waals surface area contributed by atoms with Gasteiger partial charge in [-0.15, -0.1) is 6.58 Å². The molecular weight excluding hydrogens is 256 g/mol. The van der Waals surface area contributed by atoms with Crippen LogP contribution in [-0.4, -0.2) is 22.1 Å². The molecule has 2 aromatic rings. The average Bonchev–Trinajstić information content (AvgIpc) is 2.44. The van der Waals surface area contributed by atoms with Crippen molar-refractivity contribution in [3.8, 4) is 5.75 Å². The molecule has 0 atom stereocenters. The van der Waals surface area contributed by atoms with Crippen molar-refractivity contribution in [3.05, 3.63) is 52.8 Å². The Morgan fingerprint density at radius 3 is 2.80 bits per heavy atom. The molecule has 5 nitrogen and oxygen atoms in total. The molecule has 0 saturated carbocycles. The van der Waals surface area contributed by atoms with E-state index in [4.69, 9.17) is 0 Å². The van der Waals surface area contributed by atoms with Crippen LogP contribution in [-0.2, 0) is 6.54 Å². The van der Waals surface area contributed by atoms with Gasteiger partial charge in [0.1, 0.15) is 11.3 Å². The first-order valence-corrected chi connectivity index (χ1v) is 6.35. The Hall–Kier alpha value is -2.56. The number of hydrogen-bond acceptors (Lipinski definition) is 3. The Bertz CT molecular complexity index is 732. The first-order valence-electron chi connectivity index (χ1n) is 6.35. The van der Waals surface area contributed by atoms with E-state index in [0.29, 0.717) is 17.4 Å². The van der Waals surface area contributed by atoms with Crippen LogP contribution in [0.25, 0.3) is 10.9 Å². The van der Waals surface area contributed by atoms with Crippen molar-refractivity contribution >= 4 is 16.8 Å². The molecule has 1 aromatic heterocycles. The van der Waals surface area contributed by atoms with Gasteiger partial charge in [-0.05, 0) is 19.1 Å². The molecule has 20 heavy (non-hydrogen) atoms. The summed E-state index contributed by atoms with van der Waals surface area (Å²) < 4.78 is 1.42. The first-order chi connectivity index (χ1) is 9.61. The van der Waals surface area contributed by atoms with Crippen molar-refractivity contribution in [1.82, 2.24) is 9.88 Å². The second-order valence-electron chi connectivity index (χ2n) is 4.30. The van der Waals surface area contributed by atoms with Crippen molar-refractivity contribution in [1.29, 1.82) is 0 Å². The minimum Gasteiger partial charge on any atom is -0.506 e. The Balaban J connectivity index is 2.85. The van der Waals surface area contributed by atoms with E-state index < -0.39 is 11.5 Å². The van der Waals surface area contributed by atoms with Crippen LogP contribution in [0.3, 0.4) is 0 Å². The standard InChI is InChI=1S/C15H16N2O3/c1-3-9-17-11-8-6-5-7-10(11)13(18)12(15(17)20)14(19)16-4-2/h3,5-8,18H,1,4,9H2,2H3,(H,16,19). The van der Waals surface area contributed by atoms with Crippen molar-refractivity contribution in [2.24, 2.45) is 0 Å². The highest BCUT2D eigenvalue weighted by atomic mass is 16.3. The first kappa shape index (κ1) is 13.9. The number of nitrogens with zero attached hydrogens (tertiary/aromatic N) is 1. The maximum atomic E-state index is 12.4. The van der Waals surface area contributed by atoms with E-state index in [9.17, 15) is 14.7 Å². The van der Waals surface area contributed by atoms with E-state index in [2.05, 4.69) is 11.9 Å². The summed E-state index contributed by atoms with van der Waals surface area (Å²) in [7, 11) is 0. The lowest BCUT2D eigenvalue weighted by atomic mass is 10.1. The molecule has 0 fully saturated rings. The molecule has 0 radical (unpaired) electrons. The number of pyridine rings is 1. The molecule has 104 valence electrons. The summed E-state index contributed by atoms with van der Waals surface area (Å²) in [5, 5.41) is 13.2. The fourth-order valence-electron chi connectivity index (χ4n) is 2.15. The van der Waals surface area contributed by atoms with Gasteiger partial charge in [-0.1, -0.05) is 18.2 Å². The highest BCUT2D eigenvalue weighted by Gasteiger charge is 2.20. The Labute approximate surface area is 116 Å². The fourth-order valence-corrected chi connectivity index (χ4v) is 2.15. The predicted molar refractivity (Wildman–Crippen MR) is 78.1 cm³/mol. The van der Waals surface area contributed by atoms with E-state index in [1.807, 2.05) is 0 Å². The van der Waals surface area contributed by atoms with Gasteiger partial charge in [-0.3, -0.25) is 9.59 Å². The summed E-state index contributed by atoms with van der Waals surface area (Å²) in [6, 6.07) is 6.91. The van der Waals surface area contributed by atoms with Gasteiger partial charge < -0.3 is 15.0 Å². The second kappa shape index (κ2) is 5.61. The number of carbonyl (C=O) groups is 1. The molecule has 0 unspecified atom stereocenters. The maximum Gasteiger partial charge on any atom is 0.268 e. The molecule has 1 aromatic carbocycles. The van der Waals surface area contributed by atoms with Crippen LogP contribution in [0, 0.1) is 0 Å². The van der Waals surface area contributed by atoms with Crippen molar-refractivity contribution < 1.29 is 9.90 Å². The summed E-state index contributed by atoms with van der Waals surface area (Å²) in [5.41, 5.74) is -0.178. The maximum absolute atomic E-state index is 12.4. The Kier molecular flexibility index (Phi) is 3.89. The SMILES string of the molecule is C=CCn1c(=O)c(C(=O)NCC)c(O)c2ccccc21. The average molecular weight is 272 g/mol. The summed E-state index contributed by atoms with van der Waals surface area (Å²) in [4.78, 5) is 24.4. The predicted octanol–water partition coefficient (Wildman–Crippen LogP) is 1.64. The number of carbonyl (C=O) groups excluding carboxylic acids is 1. The van der Waals surface area contributed by atoms with Gasteiger partial charge in [-0.2, -0.15) is 0 Å². The lowest BCUT2D eigenvalue weighted by Gasteiger charge is -2.13. The highest BCUT2D eigenvalue weighted by molar-refractivity contribution is 6.02. The van der Waals surface area contributed by atoms with E-state index in [1.165, 1.54) is 4.57 Å². The number of rotatable bonds is 4. The zero-order chi connectivity index (χ0) is 14.7. The third-order valence-corrected chi connectivity index (χ3v) is 3.02. The topological polar surface area (TPSA) is 71.3 Å². The molecular formula is C15H16N2O3. The number of fused-ring (bicyclic) bond motifs is 1. The summed E-state index contributed by atoms with van der Waals surface area (Å²) >= 11 is 0. The van der Waals surface area contributed by atoms with Gasteiger partial charge in [0, 0.05) is 18.5 Å². The molecule has 5 heteroatoms. The molecule has 0 aliphatic carbocycles. The minimum absolute atomic E-state index is 0.229. The van der Waals surface area contributed by atoms with E-state index in [-0.39, 0.29) is 17.9 Å². The molecule has 0 aliphatic rings. The van der Waals surface area contributed by atoms with Crippen LogP contribution in [0.1, 0.15) is 17.3 Å². The molecule has 1 amide bonds. The molecule has 0 aliphatic heterocycles. The second-order valence-corrected chi connectivity index (χ2v) is 4.30. The van der Waals surface area contributed by atoms with Crippen LogP contribution in [0.4, 0.5) is 0 Å². The number of allylic oxidation sites excluding steroid dienone is 1. The number of aromatic nitrogens is 1. The molecule has 2 N–H and O–H groups in total. The smallest absolute Gasteiger partial charge is 0.268 e. The van der Waals surface area contributed by atoms with Gasteiger partial charge >= 0.3 is 0 Å². The van der Waals surface area contributed by atoms with Crippen LogP contribution < -0.4 is 10.9 Å². The third-order valence-electron chi connectivity index (χ3n) is 3.02. The van der Waals surface area contributed by atoms with E-state index in [0.717, 1.165) is 0 Å². The van der Waals surface area contributed by atoms with Gasteiger partial charge in [0.25, 0.3) is 11.5 Å². The Morgan fingerprint density at radius 2 is 2.15 bits per heavy atom. The summed E-state index contributed by atoms with van der Waals surface area (Å²) in [6.07, 6.45) is 1.58. The lowest BCUT2D eigenvalue weighted by molar-refractivity contribution is 0.0951. The number of aromatic hydroxyl groups is 1. The normalized spacial score (nSPS) is 10.4. The minimum atomic E-state index is -0.571. The summed E-state index contributed by atoms with van der Waals surface area (Å²) in [5.74, 6) is -0.851. The van der Waals surface area contributed by atoms with Gasteiger partial charge in [0.2, 0.25) is 0 Å². The largest absolute Gasteiger partial charge is 0.506 e. The molecule has 2 rings (SSSR count). The lowest BCUT2D eigenvalue weighted by Crippen LogP contribution is -2.33. The van der Waals surface area contributed by atoms with Crippen LogP contribution >= 0.6 is 0 Å². The molecule has 0 saturated heterocycles. The Morgan fingerprint density at radius 1 is 1.45 bits per heavy atom. The zero-order valence-electron chi connectivity index (χ0n) is 11.2. The van der Waals surface area contributed by atoms with Gasteiger partial charge in [0.15, 0.2) is 0 Å². The number of nitrogens with one attached hydrogen (secondary N) is 1. The zero-order valence-corrected chi connectivity index (χ0v) is 11.2. The molecule has 0 spiro atoms. The van der Waals surface area contributed by atoms with E-state index in [1.54, 1.807) is 37.3 Å². The number of amides is 1. The van der Waals surface area contributed by atoms with Crippen LogP contribution in [0.5, 0.6) is 5.75 Å². The monoisotopic (exact) mass is 272 g/mol. The van der Waals surface area contributed by atoms with Crippen molar-refractivity contribution in [2.75, 3.05) is 6.54 Å². The van der Waals surface area contributed by atoms with Gasteiger partial charge in [0.05, 0.1) is 5.52 Å². The molecule has 1 heterocycles. The van der Waals surface area contributed by atoms with Gasteiger partial charge in [-0.25, -0.2) is 0 Å². The fraction of sp³-hybridized carbons (Fsp3) is 0.200. The molecule has 0 bridgehead atoms. The number of hydrogen-bond donors (Lipinski definition) is 2. The van der Waals surface area contributed by atoms with Crippen LogP contribution in [0.2, 0.25) is 0 Å². The summed E-state index contributed by atoms with van der Waals surface area (Å²) in [6.45, 7) is 6.01. The third kappa shape index (κ3) is 2.18. The van der Waals surface area contributed by atoms with Crippen molar-refractivity contribution in [3.63, 3.8) is 0 Å². The van der Waals surface area contributed by atoms with Crippen LogP contribution in [0.15, 0.2) is 41.7 Å².